The maximum absolute atomic E-state index is 13.9. The van der Waals surface area contributed by atoms with Gasteiger partial charge in [0.1, 0.15) is 11.5 Å². The molecule has 2 aliphatic heterocycles. The summed E-state index contributed by atoms with van der Waals surface area (Å²) in [6.45, 7) is 14.8. The Morgan fingerprint density at radius 1 is 1.02 bits per heavy atom. The van der Waals surface area contributed by atoms with E-state index in [9.17, 15) is 18.0 Å². The maximum atomic E-state index is 13.9. The van der Waals surface area contributed by atoms with Gasteiger partial charge in [0.2, 0.25) is 0 Å². The van der Waals surface area contributed by atoms with E-state index in [2.05, 4.69) is 28.9 Å². The van der Waals surface area contributed by atoms with Crippen molar-refractivity contribution in [2.75, 3.05) is 18.0 Å². The number of carbonyl (C=O) groups is 1. The Hall–Kier alpha value is -3.74. The molecule has 2 heterocycles. The number of hydrogen-bond acceptors (Lipinski definition) is 3. The lowest BCUT2D eigenvalue weighted by Gasteiger charge is -2.34. The molecule has 0 aliphatic carbocycles. The van der Waals surface area contributed by atoms with Crippen LogP contribution in [-0.2, 0) is 17.3 Å². The zero-order valence-corrected chi connectivity index (χ0v) is 24.8. The Labute approximate surface area is 242 Å². The molecular formula is C34H42F3N3O. The number of anilines is 1. The molecular weight excluding hydrogens is 523 g/mol. The lowest BCUT2D eigenvalue weighted by molar-refractivity contribution is -0.118. The summed E-state index contributed by atoms with van der Waals surface area (Å²) in [7, 11) is 0. The van der Waals surface area contributed by atoms with E-state index in [4.69, 9.17) is 0 Å². The van der Waals surface area contributed by atoms with Gasteiger partial charge in [-0.3, -0.25) is 4.79 Å². The molecule has 0 saturated carbocycles. The summed E-state index contributed by atoms with van der Waals surface area (Å²) >= 11 is 0. The van der Waals surface area contributed by atoms with Crippen molar-refractivity contribution in [1.82, 2.24) is 10.2 Å². The highest BCUT2D eigenvalue weighted by Crippen LogP contribution is 2.33. The minimum atomic E-state index is -2.82. The molecule has 2 aromatic carbocycles. The number of allylic oxidation sites excluding steroid dienone is 4. The Morgan fingerprint density at radius 2 is 1.63 bits per heavy atom. The summed E-state index contributed by atoms with van der Waals surface area (Å²) in [6.07, 6.45) is 6.72. The Balaban J connectivity index is 0.00000226. The van der Waals surface area contributed by atoms with Crippen LogP contribution < -0.4 is 10.2 Å². The molecule has 0 spiro atoms. The second kappa shape index (κ2) is 14.2. The molecule has 1 saturated heterocycles. The van der Waals surface area contributed by atoms with Gasteiger partial charge in [0, 0.05) is 49.7 Å². The molecule has 0 bridgehead atoms. The second-order valence-corrected chi connectivity index (χ2v) is 10.3. The molecule has 0 unspecified atom stereocenters. The quantitative estimate of drug-likeness (QED) is 0.325. The van der Waals surface area contributed by atoms with Crippen LogP contribution >= 0.6 is 0 Å². The van der Waals surface area contributed by atoms with Crippen LogP contribution in [0, 0.1) is 0 Å². The third-order valence-electron chi connectivity index (χ3n) is 7.53. The fraction of sp³-hybridized carbons (Fsp3) is 0.382. The Morgan fingerprint density at radius 3 is 2.20 bits per heavy atom. The number of nitrogens with one attached hydrogen (secondary N) is 1. The van der Waals surface area contributed by atoms with Gasteiger partial charge in [-0.1, -0.05) is 63.7 Å². The fourth-order valence-corrected chi connectivity index (χ4v) is 5.00. The van der Waals surface area contributed by atoms with Crippen LogP contribution in [-0.4, -0.2) is 23.9 Å². The Bertz CT molecular complexity index is 1280. The lowest BCUT2D eigenvalue weighted by Crippen LogP contribution is -2.33. The van der Waals surface area contributed by atoms with Crippen molar-refractivity contribution in [2.45, 2.75) is 72.3 Å². The minimum absolute atomic E-state index is 0.0487. The standard InChI is InChI=1S/C32H36F3N3O.C2H6/c1-5-22(2)30(38-21-28(33)13-6-23(38)3)31(39)36-20-24-7-14-29(15-8-24)37-18-16-26(17-19-37)25-9-11-27(12-10-25)32(4,34)35;1-2/h6-15,21,26H,3,5,16-20H2,1-2,4H3,(H,36,39);1-2H3/b30-22+;. The van der Waals surface area contributed by atoms with E-state index in [1.807, 2.05) is 52.0 Å². The highest BCUT2D eigenvalue weighted by Gasteiger charge is 2.26. The van der Waals surface area contributed by atoms with Crippen molar-refractivity contribution in [3.63, 3.8) is 0 Å². The first-order valence-electron chi connectivity index (χ1n) is 14.4. The van der Waals surface area contributed by atoms with Crippen molar-refractivity contribution in [2.24, 2.45) is 0 Å². The molecule has 2 aromatic rings. The van der Waals surface area contributed by atoms with E-state index in [0.29, 0.717) is 30.3 Å². The summed E-state index contributed by atoms with van der Waals surface area (Å²) < 4.78 is 40.9. The molecule has 1 amide bonds. The number of amides is 1. The van der Waals surface area contributed by atoms with Crippen molar-refractivity contribution >= 4 is 11.6 Å². The number of hydrogen-bond donors (Lipinski definition) is 1. The van der Waals surface area contributed by atoms with Crippen LogP contribution in [0.1, 0.15) is 76.5 Å². The molecule has 1 fully saturated rings. The van der Waals surface area contributed by atoms with Gasteiger partial charge in [0.05, 0.1) is 0 Å². The highest BCUT2D eigenvalue weighted by molar-refractivity contribution is 5.94. The Kier molecular flexibility index (Phi) is 11.0. The summed E-state index contributed by atoms with van der Waals surface area (Å²) in [5, 5.41) is 2.97. The monoisotopic (exact) mass is 565 g/mol. The molecule has 0 radical (unpaired) electrons. The third-order valence-corrected chi connectivity index (χ3v) is 7.53. The van der Waals surface area contributed by atoms with Crippen molar-refractivity contribution in [3.8, 4) is 0 Å². The van der Waals surface area contributed by atoms with Gasteiger partial charge in [0.25, 0.3) is 11.8 Å². The van der Waals surface area contributed by atoms with Gasteiger partial charge in [-0.05, 0) is 73.1 Å². The van der Waals surface area contributed by atoms with Crippen LogP contribution in [0.3, 0.4) is 0 Å². The minimum Gasteiger partial charge on any atom is -0.371 e. The molecule has 41 heavy (non-hydrogen) atoms. The number of nitrogens with zero attached hydrogens (tertiary/aromatic N) is 2. The van der Waals surface area contributed by atoms with E-state index in [1.165, 1.54) is 29.3 Å². The highest BCUT2D eigenvalue weighted by atomic mass is 19.3. The summed E-state index contributed by atoms with van der Waals surface area (Å²) in [5.41, 5.74) is 4.99. The summed E-state index contributed by atoms with van der Waals surface area (Å²) in [4.78, 5) is 17.0. The van der Waals surface area contributed by atoms with E-state index in [-0.39, 0.29) is 11.5 Å². The van der Waals surface area contributed by atoms with Crippen LogP contribution in [0.5, 0.6) is 0 Å². The average Bonchev–Trinajstić information content (AvgIpc) is 2.99. The van der Waals surface area contributed by atoms with Gasteiger partial charge in [-0.2, -0.15) is 0 Å². The molecule has 7 heteroatoms. The van der Waals surface area contributed by atoms with Gasteiger partial charge >= 0.3 is 0 Å². The maximum Gasteiger partial charge on any atom is 0.270 e. The van der Waals surface area contributed by atoms with Crippen LogP contribution in [0.15, 0.2) is 96.3 Å². The van der Waals surface area contributed by atoms with E-state index < -0.39 is 11.7 Å². The zero-order chi connectivity index (χ0) is 30.2. The number of halogens is 3. The predicted molar refractivity (Wildman–Crippen MR) is 162 cm³/mol. The molecule has 0 atom stereocenters. The molecule has 4 rings (SSSR count). The first-order valence-corrected chi connectivity index (χ1v) is 14.4. The first kappa shape index (κ1) is 31.8. The van der Waals surface area contributed by atoms with Gasteiger partial charge in [-0.25, -0.2) is 13.2 Å². The van der Waals surface area contributed by atoms with Crippen LogP contribution in [0.25, 0.3) is 0 Å². The molecule has 1 N–H and O–H groups in total. The van der Waals surface area contributed by atoms with Crippen LogP contribution in [0.4, 0.5) is 18.9 Å². The topological polar surface area (TPSA) is 35.6 Å². The SMILES string of the molecule is C=C1C=CC(F)=CN1/C(C(=O)NCc1ccc(N2CCC(c3ccc(C(C)(F)F)cc3)CC2)cc1)=C(\C)CC.CC. The summed E-state index contributed by atoms with van der Waals surface area (Å²) in [6, 6.07) is 14.9. The smallest absolute Gasteiger partial charge is 0.270 e. The van der Waals surface area contributed by atoms with Crippen molar-refractivity contribution in [1.29, 1.82) is 0 Å². The van der Waals surface area contributed by atoms with Gasteiger partial charge < -0.3 is 15.1 Å². The van der Waals surface area contributed by atoms with Crippen molar-refractivity contribution < 1.29 is 18.0 Å². The average molecular weight is 566 g/mol. The number of rotatable bonds is 8. The van der Waals surface area contributed by atoms with E-state index in [1.54, 1.807) is 6.08 Å². The molecule has 2 aliphatic rings. The third kappa shape index (κ3) is 8.15. The largest absolute Gasteiger partial charge is 0.371 e. The number of piperidine rings is 1. The number of alkyl halides is 2. The van der Waals surface area contributed by atoms with E-state index in [0.717, 1.165) is 55.2 Å². The van der Waals surface area contributed by atoms with Gasteiger partial charge in [0.15, 0.2) is 0 Å². The molecule has 220 valence electrons. The zero-order valence-electron chi connectivity index (χ0n) is 24.8. The van der Waals surface area contributed by atoms with E-state index >= 15 is 0 Å². The lowest BCUT2D eigenvalue weighted by atomic mass is 9.88. The first-order chi connectivity index (χ1) is 19.6. The number of carbonyl (C=O) groups excluding carboxylic acids is 1. The van der Waals surface area contributed by atoms with Crippen molar-refractivity contribution in [3.05, 3.63) is 113 Å². The molecule has 4 nitrogen and oxygen atoms in total. The summed E-state index contributed by atoms with van der Waals surface area (Å²) in [5.74, 6) is -3.17. The van der Waals surface area contributed by atoms with Gasteiger partial charge in [-0.15, -0.1) is 0 Å². The second-order valence-electron chi connectivity index (χ2n) is 10.3. The van der Waals surface area contributed by atoms with Crippen LogP contribution in [0.2, 0.25) is 0 Å². The predicted octanol–water partition coefficient (Wildman–Crippen LogP) is 8.71. The number of benzene rings is 2. The molecule has 0 aromatic heterocycles. The normalized spacial score (nSPS) is 16.5. The fourth-order valence-electron chi connectivity index (χ4n) is 5.00.